The second-order valence-corrected chi connectivity index (χ2v) is 11.7. The summed E-state index contributed by atoms with van der Waals surface area (Å²) in [6, 6.07) is 4.86. The number of fused-ring (bicyclic) bond motifs is 1. The number of nitrogens with zero attached hydrogens (tertiary/aromatic N) is 5. The van der Waals surface area contributed by atoms with Crippen molar-refractivity contribution in [2.75, 3.05) is 51.3 Å². The van der Waals surface area contributed by atoms with E-state index >= 15 is 0 Å². The third kappa shape index (κ3) is 4.66. The lowest BCUT2D eigenvalue weighted by Gasteiger charge is -2.46. The highest BCUT2D eigenvalue weighted by Crippen LogP contribution is 2.40. The fourth-order valence-corrected chi connectivity index (χ4v) is 6.62. The van der Waals surface area contributed by atoms with Crippen LogP contribution in [0.2, 0.25) is 0 Å². The highest BCUT2D eigenvalue weighted by atomic mass is 19.1. The van der Waals surface area contributed by atoms with Crippen molar-refractivity contribution in [3.63, 3.8) is 0 Å². The second kappa shape index (κ2) is 10.1. The number of hydrogen-bond acceptors (Lipinski definition) is 5. The van der Waals surface area contributed by atoms with E-state index in [-0.39, 0.29) is 11.5 Å². The second-order valence-electron chi connectivity index (χ2n) is 11.7. The number of piperazine rings is 1. The Hall–Kier alpha value is -2.71. The summed E-state index contributed by atoms with van der Waals surface area (Å²) in [5.41, 5.74) is 4.50. The van der Waals surface area contributed by atoms with Crippen molar-refractivity contribution in [1.82, 2.24) is 19.4 Å². The van der Waals surface area contributed by atoms with E-state index in [0.717, 1.165) is 62.2 Å². The summed E-state index contributed by atoms with van der Waals surface area (Å²) in [6.07, 6.45) is 13.5. The summed E-state index contributed by atoms with van der Waals surface area (Å²) in [6.45, 7) is 9.48. The van der Waals surface area contributed by atoms with Crippen molar-refractivity contribution in [2.45, 2.75) is 57.3 Å². The van der Waals surface area contributed by atoms with Crippen LogP contribution in [0, 0.1) is 11.8 Å². The first-order valence-electron chi connectivity index (χ1n) is 14.2. The van der Waals surface area contributed by atoms with Crippen molar-refractivity contribution in [3.05, 3.63) is 48.3 Å². The van der Waals surface area contributed by atoms with Gasteiger partial charge >= 0.3 is 0 Å². The molecular formula is C30H40FN5O2. The van der Waals surface area contributed by atoms with E-state index in [2.05, 4.69) is 65.3 Å². The van der Waals surface area contributed by atoms with Gasteiger partial charge in [0.2, 0.25) is 5.91 Å². The molecule has 0 aromatic carbocycles. The number of carbonyl (C=O) groups is 1. The highest BCUT2D eigenvalue weighted by Gasteiger charge is 2.46. The number of rotatable bonds is 6. The SMILES string of the molecule is COC1(C2C=CC(c3cc4c(N5CCN(C(=O)[C@H]6C[C@@H]6F)CC5)ccnn4c3)=CC2)CCN(C(C)C)CC1. The van der Waals surface area contributed by atoms with E-state index in [4.69, 9.17) is 4.74 Å². The number of ether oxygens (including phenoxy) is 1. The van der Waals surface area contributed by atoms with Gasteiger partial charge in [-0.3, -0.25) is 4.79 Å². The van der Waals surface area contributed by atoms with Gasteiger partial charge in [-0.15, -0.1) is 0 Å². The van der Waals surface area contributed by atoms with Crippen LogP contribution in [0.4, 0.5) is 10.1 Å². The molecule has 1 unspecified atom stereocenters. The van der Waals surface area contributed by atoms with Crippen molar-refractivity contribution in [1.29, 1.82) is 0 Å². The van der Waals surface area contributed by atoms with Crippen LogP contribution < -0.4 is 4.90 Å². The number of likely N-dealkylation sites (tertiary alicyclic amines) is 1. The van der Waals surface area contributed by atoms with Gasteiger partial charge in [0.05, 0.1) is 22.7 Å². The summed E-state index contributed by atoms with van der Waals surface area (Å²) in [5.74, 6) is -0.0268. The zero-order chi connectivity index (χ0) is 26.4. The number of amides is 1. The van der Waals surface area contributed by atoms with Crippen LogP contribution in [0.3, 0.4) is 0 Å². The molecular weight excluding hydrogens is 481 g/mol. The Morgan fingerprint density at radius 2 is 1.89 bits per heavy atom. The first kappa shape index (κ1) is 25.6. The summed E-state index contributed by atoms with van der Waals surface area (Å²) in [7, 11) is 1.88. The van der Waals surface area contributed by atoms with Crippen LogP contribution in [0.25, 0.3) is 11.1 Å². The first-order valence-corrected chi connectivity index (χ1v) is 14.2. The number of methoxy groups -OCH3 is 1. The van der Waals surface area contributed by atoms with E-state index in [9.17, 15) is 9.18 Å². The summed E-state index contributed by atoms with van der Waals surface area (Å²) >= 11 is 0. The van der Waals surface area contributed by atoms with Gasteiger partial charge < -0.3 is 19.4 Å². The Labute approximate surface area is 224 Å². The quantitative estimate of drug-likeness (QED) is 0.571. The number of allylic oxidation sites excluding steroid dienone is 3. The molecule has 4 aliphatic rings. The van der Waals surface area contributed by atoms with Crippen LogP contribution in [-0.2, 0) is 9.53 Å². The monoisotopic (exact) mass is 521 g/mol. The Balaban J connectivity index is 1.14. The molecule has 7 nitrogen and oxygen atoms in total. The topological polar surface area (TPSA) is 53.3 Å². The number of alkyl halides is 1. The Morgan fingerprint density at radius 3 is 2.50 bits per heavy atom. The van der Waals surface area contributed by atoms with Gasteiger partial charge in [-0.25, -0.2) is 8.91 Å². The maximum absolute atomic E-state index is 13.4. The number of halogens is 1. The minimum atomic E-state index is -0.934. The van der Waals surface area contributed by atoms with Gasteiger partial charge in [0.15, 0.2) is 0 Å². The number of carbonyl (C=O) groups excluding carboxylic acids is 1. The van der Waals surface area contributed by atoms with Crippen molar-refractivity contribution < 1.29 is 13.9 Å². The largest absolute Gasteiger partial charge is 0.378 e. The summed E-state index contributed by atoms with van der Waals surface area (Å²) in [5, 5.41) is 4.58. The normalized spacial score (nSPS) is 27.7. The van der Waals surface area contributed by atoms with E-state index in [1.807, 2.05) is 22.7 Å². The van der Waals surface area contributed by atoms with Gasteiger partial charge in [-0.1, -0.05) is 18.2 Å². The van der Waals surface area contributed by atoms with Crippen LogP contribution in [0.5, 0.6) is 0 Å². The Bertz CT molecular complexity index is 1240. The third-order valence-corrected chi connectivity index (χ3v) is 9.34. The molecule has 0 spiro atoms. The molecule has 2 aliphatic carbocycles. The molecule has 3 fully saturated rings. The molecule has 8 heteroatoms. The van der Waals surface area contributed by atoms with E-state index < -0.39 is 12.1 Å². The molecule has 204 valence electrons. The standard InChI is InChI=1S/C30H40FN5O2/c1-21(2)33-12-9-30(38-3,10-13-33)24-6-4-22(5-7-24)23-18-28-27(8-11-32-36(28)20-23)34-14-16-35(17-15-34)29(37)25-19-26(25)31/h4-6,8,11,18,20-21,24-26H,7,9-10,12-17,19H2,1-3H3/t24?,25-,26-/m0/s1. The zero-order valence-electron chi connectivity index (χ0n) is 22.9. The lowest BCUT2D eigenvalue weighted by molar-refractivity contribution is -0.133. The lowest BCUT2D eigenvalue weighted by Crippen LogP contribution is -2.51. The predicted molar refractivity (Wildman–Crippen MR) is 148 cm³/mol. The van der Waals surface area contributed by atoms with Gasteiger partial charge in [0.25, 0.3) is 0 Å². The van der Waals surface area contributed by atoms with Crippen molar-refractivity contribution in [2.24, 2.45) is 11.8 Å². The number of aromatic nitrogens is 2. The fraction of sp³-hybridized carbons (Fsp3) is 0.600. The van der Waals surface area contributed by atoms with Crippen LogP contribution in [0.1, 0.15) is 45.1 Å². The molecule has 4 heterocycles. The van der Waals surface area contributed by atoms with Gasteiger partial charge in [-0.05, 0) is 57.2 Å². The molecule has 3 atom stereocenters. The smallest absolute Gasteiger partial charge is 0.228 e. The molecule has 2 aromatic rings. The lowest BCUT2D eigenvalue weighted by atomic mass is 9.75. The average molecular weight is 522 g/mol. The van der Waals surface area contributed by atoms with Crippen molar-refractivity contribution >= 4 is 22.7 Å². The molecule has 1 amide bonds. The predicted octanol–water partition coefficient (Wildman–Crippen LogP) is 4.19. The zero-order valence-corrected chi connectivity index (χ0v) is 22.9. The van der Waals surface area contributed by atoms with Crippen molar-refractivity contribution in [3.8, 4) is 0 Å². The number of anilines is 1. The number of piperidine rings is 1. The molecule has 0 N–H and O–H groups in total. The Kier molecular flexibility index (Phi) is 6.80. The first-order chi connectivity index (χ1) is 18.4. The maximum Gasteiger partial charge on any atom is 0.228 e. The molecule has 1 saturated carbocycles. The van der Waals surface area contributed by atoms with Gasteiger partial charge in [0, 0.05) is 76.3 Å². The molecule has 6 rings (SSSR count). The van der Waals surface area contributed by atoms with Crippen LogP contribution in [-0.4, -0.2) is 89.5 Å². The van der Waals surface area contributed by atoms with Gasteiger partial charge in [-0.2, -0.15) is 5.10 Å². The van der Waals surface area contributed by atoms with E-state index in [1.165, 1.54) is 5.57 Å². The molecule has 38 heavy (non-hydrogen) atoms. The molecule has 2 saturated heterocycles. The fourth-order valence-electron chi connectivity index (χ4n) is 6.62. The maximum atomic E-state index is 13.4. The minimum absolute atomic E-state index is 0.0166. The molecule has 2 aliphatic heterocycles. The summed E-state index contributed by atoms with van der Waals surface area (Å²) in [4.78, 5) is 19.1. The van der Waals surface area contributed by atoms with Crippen LogP contribution in [0.15, 0.2) is 42.8 Å². The highest BCUT2D eigenvalue weighted by molar-refractivity contribution is 5.84. The number of hydrogen-bond donors (Lipinski definition) is 0. The van der Waals surface area contributed by atoms with E-state index in [0.29, 0.717) is 31.5 Å². The van der Waals surface area contributed by atoms with Gasteiger partial charge in [0.1, 0.15) is 6.17 Å². The molecule has 0 radical (unpaired) electrons. The average Bonchev–Trinajstić information content (AvgIpc) is 3.52. The summed E-state index contributed by atoms with van der Waals surface area (Å²) < 4.78 is 21.5. The third-order valence-electron chi connectivity index (χ3n) is 9.34. The van der Waals surface area contributed by atoms with E-state index in [1.54, 1.807) is 0 Å². The minimum Gasteiger partial charge on any atom is -0.378 e. The van der Waals surface area contributed by atoms with Crippen LogP contribution >= 0.6 is 0 Å². The Morgan fingerprint density at radius 1 is 1.16 bits per heavy atom. The molecule has 0 bridgehead atoms. The molecule has 2 aromatic heterocycles.